The van der Waals surface area contributed by atoms with Crippen LogP contribution in [0.25, 0.3) is 0 Å². The average Bonchev–Trinajstić information content (AvgIpc) is 2.91. The first-order valence-corrected chi connectivity index (χ1v) is 10.0. The second kappa shape index (κ2) is 10.7. The Hall–Kier alpha value is -0.270. The van der Waals surface area contributed by atoms with E-state index in [9.17, 15) is 13.0 Å². The summed E-state index contributed by atoms with van der Waals surface area (Å²) >= 11 is 0. The molecule has 1 heterocycles. The van der Waals surface area contributed by atoms with Gasteiger partial charge in [-0.05, 0) is 31.0 Å². The molecule has 0 bridgehead atoms. The van der Waals surface area contributed by atoms with Gasteiger partial charge in [-0.3, -0.25) is 0 Å². The smallest absolute Gasteiger partial charge is 0.744 e. The predicted octanol–water partition coefficient (Wildman–Crippen LogP) is 1.29. The van der Waals surface area contributed by atoms with Gasteiger partial charge in [0.1, 0.15) is 10.1 Å². The normalized spacial score (nSPS) is 16.0. The molecule has 0 aliphatic carbocycles. The van der Waals surface area contributed by atoms with Crippen molar-refractivity contribution >= 4 is 21.5 Å². The van der Waals surface area contributed by atoms with Gasteiger partial charge in [-0.15, -0.1) is 0 Å². The van der Waals surface area contributed by atoms with Crippen molar-refractivity contribution in [1.82, 2.24) is 0 Å². The molecule has 1 atom stereocenters. The van der Waals surface area contributed by atoms with Crippen LogP contribution in [0, 0.1) is 0 Å². The molecule has 130 valence electrons. The van der Waals surface area contributed by atoms with Gasteiger partial charge in [0.05, 0.1) is 22.4 Å². The van der Waals surface area contributed by atoms with Crippen LogP contribution in [-0.2, 0) is 10.1 Å². The minimum absolute atomic E-state index is 0. The third-order valence-corrected chi connectivity index (χ3v) is 5.12. The van der Waals surface area contributed by atoms with Crippen LogP contribution in [-0.4, -0.2) is 19.1 Å². The summed E-state index contributed by atoms with van der Waals surface area (Å²) in [7, 11) is -4.39. The summed E-state index contributed by atoms with van der Waals surface area (Å²) in [4.78, 5) is -0.182. The van der Waals surface area contributed by atoms with E-state index in [4.69, 9.17) is 0 Å². The van der Waals surface area contributed by atoms with Crippen LogP contribution in [0.5, 0.6) is 0 Å². The van der Waals surface area contributed by atoms with Crippen LogP contribution >= 0.6 is 0 Å². The van der Waals surface area contributed by atoms with Crippen LogP contribution in [0.4, 0.5) is 11.4 Å². The van der Waals surface area contributed by atoms with Crippen molar-refractivity contribution in [2.45, 2.75) is 75.8 Å². The summed E-state index contributed by atoms with van der Waals surface area (Å²) in [5, 5.41) is 6.58. The van der Waals surface area contributed by atoms with E-state index < -0.39 is 10.1 Å². The second-order valence-corrected chi connectivity index (χ2v) is 7.65. The number of rotatable bonds is 10. The van der Waals surface area contributed by atoms with E-state index in [1.807, 2.05) is 0 Å². The summed E-state index contributed by atoms with van der Waals surface area (Å²) in [6.07, 6.45) is 11.4. The average molecular weight is 362 g/mol. The summed E-state index contributed by atoms with van der Waals surface area (Å²) in [6.45, 7) is 2.23. The molecular weight excluding hydrogens is 335 g/mol. The van der Waals surface area contributed by atoms with E-state index in [1.54, 1.807) is 6.07 Å². The fourth-order valence-electron chi connectivity index (χ4n) is 2.96. The Morgan fingerprint density at radius 2 is 1.54 bits per heavy atom. The van der Waals surface area contributed by atoms with Crippen LogP contribution in [0.3, 0.4) is 0 Å². The maximum atomic E-state index is 11.0. The molecule has 1 aromatic rings. The van der Waals surface area contributed by atoms with Crippen molar-refractivity contribution < 1.29 is 42.5 Å². The third kappa shape index (κ3) is 6.92. The van der Waals surface area contributed by atoms with Gasteiger partial charge in [-0.2, -0.15) is 0 Å². The fourth-order valence-corrected chi connectivity index (χ4v) is 3.46. The minimum Gasteiger partial charge on any atom is -0.744 e. The summed E-state index contributed by atoms with van der Waals surface area (Å²) in [5.74, 6) is 0. The van der Waals surface area contributed by atoms with Crippen molar-refractivity contribution in [3.05, 3.63) is 18.2 Å². The van der Waals surface area contributed by atoms with E-state index in [0.717, 1.165) is 18.5 Å². The number of fused-ring (bicyclic) bond motifs is 1. The zero-order chi connectivity index (χ0) is 16.7. The van der Waals surface area contributed by atoms with Crippen molar-refractivity contribution in [2.24, 2.45) is 0 Å². The molecule has 0 saturated carbocycles. The number of benzene rings is 1. The molecule has 24 heavy (non-hydrogen) atoms. The van der Waals surface area contributed by atoms with E-state index in [0.29, 0.717) is 5.69 Å². The first-order valence-electron chi connectivity index (χ1n) is 8.63. The van der Waals surface area contributed by atoms with Crippen molar-refractivity contribution in [1.29, 1.82) is 0 Å². The molecule has 0 fully saturated rings. The number of nitrogens with one attached hydrogen (secondary N) is 2. The summed E-state index contributed by atoms with van der Waals surface area (Å²) in [5.41, 5.74) is 1.56. The van der Waals surface area contributed by atoms with Gasteiger partial charge in [0.25, 0.3) is 0 Å². The van der Waals surface area contributed by atoms with Gasteiger partial charge >= 0.3 is 29.6 Å². The molecule has 1 aromatic carbocycles. The number of unbranched alkanes of at least 4 members (excludes halogenated alkanes) is 7. The van der Waals surface area contributed by atoms with E-state index in [2.05, 4.69) is 17.6 Å². The van der Waals surface area contributed by atoms with Gasteiger partial charge in [-0.25, -0.2) is 8.42 Å². The maximum absolute atomic E-state index is 11.0. The molecule has 0 aromatic heterocycles. The van der Waals surface area contributed by atoms with Crippen molar-refractivity contribution in [3.63, 3.8) is 0 Å². The fraction of sp³-hybridized carbons (Fsp3) is 0.647. The molecule has 0 spiro atoms. The van der Waals surface area contributed by atoms with Gasteiger partial charge in [0.15, 0.2) is 0 Å². The molecule has 7 heteroatoms. The zero-order valence-electron chi connectivity index (χ0n) is 14.8. The maximum Gasteiger partial charge on any atom is 1.00 e. The molecule has 0 saturated heterocycles. The number of hydrogen-bond acceptors (Lipinski definition) is 5. The van der Waals surface area contributed by atoms with Gasteiger partial charge in [0.2, 0.25) is 0 Å². The Labute approximate surface area is 168 Å². The number of anilines is 2. The molecule has 1 aliphatic rings. The Bertz CT molecular complexity index is 608. The molecule has 5 nitrogen and oxygen atoms in total. The monoisotopic (exact) mass is 362 g/mol. The molecule has 2 rings (SSSR count). The standard InChI is InChI=1S/C17H28N2O3S.Na/c1-2-3-4-5-6-7-8-9-10-17-18-15-12-11-14(23(20,21)22)13-16(15)19-17;/h11-13,17-19H,2-10H2,1H3,(H,20,21,22);/q;+1/p-1. The molecule has 1 unspecified atom stereocenters. The quantitative estimate of drug-likeness (QED) is 0.372. The summed E-state index contributed by atoms with van der Waals surface area (Å²) in [6, 6.07) is 4.42. The van der Waals surface area contributed by atoms with Crippen LogP contribution < -0.4 is 40.2 Å². The molecule has 0 amide bonds. The Kier molecular flexibility index (Phi) is 9.67. The topological polar surface area (TPSA) is 81.3 Å². The van der Waals surface area contributed by atoms with Crippen molar-refractivity contribution in [2.75, 3.05) is 10.6 Å². The van der Waals surface area contributed by atoms with Gasteiger partial charge in [0, 0.05) is 0 Å². The summed E-state index contributed by atoms with van der Waals surface area (Å²) < 4.78 is 33.1. The minimum atomic E-state index is -4.39. The number of hydrogen-bond donors (Lipinski definition) is 2. The first-order chi connectivity index (χ1) is 11.0. The molecule has 2 N–H and O–H groups in total. The Balaban J connectivity index is 0.00000288. The second-order valence-electron chi connectivity index (χ2n) is 6.27. The Morgan fingerprint density at radius 3 is 2.17 bits per heavy atom. The molecular formula is C17H27N2NaO3S. The first kappa shape index (κ1) is 21.8. The zero-order valence-corrected chi connectivity index (χ0v) is 17.6. The van der Waals surface area contributed by atoms with Crippen LogP contribution in [0.15, 0.2) is 23.1 Å². The third-order valence-electron chi connectivity index (χ3n) is 4.29. The van der Waals surface area contributed by atoms with Crippen molar-refractivity contribution in [3.8, 4) is 0 Å². The predicted molar refractivity (Wildman–Crippen MR) is 92.7 cm³/mol. The van der Waals surface area contributed by atoms with E-state index in [1.165, 1.54) is 57.1 Å². The van der Waals surface area contributed by atoms with E-state index >= 15 is 0 Å². The van der Waals surface area contributed by atoms with E-state index in [-0.39, 0.29) is 40.6 Å². The van der Waals surface area contributed by atoms with Crippen LogP contribution in [0.1, 0.15) is 64.7 Å². The molecule has 0 radical (unpaired) electrons. The Morgan fingerprint density at radius 1 is 0.958 bits per heavy atom. The molecule has 1 aliphatic heterocycles. The van der Waals surface area contributed by atoms with Gasteiger partial charge < -0.3 is 15.2 Å². The van der Waals surface area contributed by atoms with Crippen LogP contribution in [0.2, 0.25) is 0 Å². The largest absolute Gasteiger partial charge is 1.00 e. The van der Waals surface area contributed by atoms with Gasteiger partial charge in [-0.1, -0.05) is 51.9 Å². The SMILES string of the molecule is CCCCCCCCCCC1Nc2ccc(S(=O)(=O)[O-])cc2N1.[Na+].